The highest BCUT2D eigenvalue weighted by Crippen LogP contribution is 2.10. The quantitative estimate of drug-likeness (QED) is 0.663. The van der Waals surface area contributed by atoms with Gasteiger partial charge in [-0.3, -0.25) is 9.59 Å². The molecule has 0 spiro atoms. The van der Waals surface area contributed by atoms with Crippen molar-refractivity contribution in [1.29, 1.82) is 0 Å². The van der Waals surface area contributed by atoms with Crippen molar-refractivity contribution in [3.05, 3.63) is 52.4 Å². The summed E-state index contributed by atoms with van der Waals surface area (Å²) >= 11 is 0. The Bertz CT molecular complexity index is 688. The normalized spacial score (nSPS) is 11.1. The van der Waals surface area contributed by atoms with Gasteiger partial charge in [-0.25, -0.2) is 0 Å². The van der Waals surface area contributed by atoms with Crippen molar-refractivity contribution < 1.29 is 13.9 Å². The minimum absolute atomic E-state index is 0.159. The first kappa shape index (κ1) is 14.0. The van der Waals surface area contributed by atoms with Crippen LogP contribution < -0.4 is 10.7 Å². The third-order valence-electron chi connectivity index (χ3n) is 2.73. The van der Waals surface area contributed by atoms with Crippen molar-refractivity contribution in [3.8, 4) is 0 Å². The largest absolute Gasteiger partial charge is 0.463 e. The van der Waals surface area contributed by atoms with Crippen molar-refractivity contribution in [2.45, 2.75) is 0 Å². The SMILES string of the molecule is COCCNC(=O)/C=C/c1coc2ccccc2c1=O. The fraction of sp³-hybridized carbons (Fsp3) is 0.200. The van der Waals surface area contributed by atoms with E-state index in [1.807, 2.05) is 0 Å². The Hall–Kier alpha value is -2.40. The number of benzene rings is 1. The molecule has 0 saturated heterocycles. The molecule has 0 unspecified atom stereocenters. The van der Waals surface area contributed by atoms with Crippen LogP contribution in [0, 0.1) is 0 Å². The maximum absolute atomic E-state index is 12.1. The van der Waals surface area contributed by atoms with Crippen LogP contribution in [0.3, 0.4) is 0 Å². The van der Waals surface area contributed by atoms with Gasteiger partial charge in [-0.2, -0.15) is 0 Å². The molecule has 0 bridgehead atoms. The van der Waals surface area contributed by atoms with Gasteiger partial charge in [-0.05, 0) is 18.2 Å². The third-order valence-corrected chi connectivity index (χ3v) is 2.73. The Morgan fingerprint density at radius 2 is 2.20 bits per heavy atom. The van der Waals surface area contributed by atoms with Crippen LogP contribution >= 0.6 is 0 Å². The summed E-state index contributed by atoms with van der Waals surface area (Å²) in [5.41, 5.74) is 0.706. The molecular weight excluding hydrogens is 258 g/mol. The number of carbonyl (C=O) groups is 1. The van der Waals surface area contributed by atoms with Gasteiger partial charge in [0.15, 0.2) is 5.43 Å². The first-order valence-corrected chi connectivity index (χ1v) is 6.18. The van der Waals surface area contributed by atoms with Crippen molar-refractivity contribution in [2.75, 3.05) is 20.3 Å². The van der Waals surface area contributed by atoms with E-state index in [1.165, 1.54) is 18.4 Å². The number of para-hydroxylation sites is 1. The van der Waals surface area contributed by atoms with E-state index in [0.29, 0.717) is 29.7 Å². The summed E-state index contributed by atoms with van der Waals surface area (Å²) < 4.78 is 10.2. The highest BCUT2D eigenvalue weighted by atomic mass is 16.5. The summed E-state index contributed by atoms with van der Waals surface area (Å²) in [6, 6.07) is 6.98. The summed E-state index contributed by atoms with van der Waals surface area (Å²) in [5, 5.41) is 3.12. The van der Waals surface area contributed by atoms with E-state index in [9.17, 15) is 9.59 Å². The maximum atomic E-state index is 12.1. The molecule has 0 aliphatic heterocycles. The van der Waals surface area contributed by atoms with Gasteiger partial charge in [0.25, 0.3) is 0 Å². The molecule has 0 radical (unpaired) electrons. The lowest BCUT2D eigenvalue weighted by Crippen LogP contribution is -2.24. The lowest BCUT2D eigenvalue weighted by Gasteiger charge is -2.00. The van der Waals surface area contributed by atoms with Gasteiger partial charge in [0.05, 0.1) is 17.6 Å². The predicted octanol–water partition coefficient (Wildman–Crippen LogP) is 1.57. The third kappa shape index (κ3) is 3.33. The van der Waals surface area contributed by atoms with E-state index in [-0.39, 0.29) is 11.3 Å². The van der Waals surface area contributed by atoms with Gasteiger partial charge in [-0.1, -0.05) is 12.1 Å². The minimum Gasteiger partial charge on any atom is -0.463 e. The van der Waals surface area contributed by atoms with E-state index in [1.54, 1.807) is 31.4 Å². The molecule has 104 valence electrons. The van der Waals surface area contributed by atoms with Gasteiger partial charge in [0, 0.05) is 19.7 Å². The Labute approximate surface area is 115 Å². The number of rotatable bonds is 5. The Morgan fingerprint density at radius 3 is 3.00 bits per heavy atom. The highest BCUT2D eigenvalue weighted by Gasteiger charge is 2.04. The second-order valence-corrected chi connectivity index (χ2v) is 4.13. The summed E-state index contributed by atoms with van der Waals surface area (Å²) in [6.07, 6.45) is 4.10. The Kier molecular flexibility index (Phi) is 4.68. The van der Waals surface area contributed by atoms with Crippen LogP contribution in [0.4, 0.5) is 0 Å². The smallest absolute Gasteiger partial charge is 0.244 e. The topological polar surface area (TPSA) is 68.5 Å². The summed E-state index contributed by atoms with van der Waals surface area (Å²) in [6.45, 7) is 0.865. The fourth-order valence-electron chi connectivity index (χ4n) is 1.71. The molecule has 1 aromatic carbocycles. The van der Waals surface area contributed by atoms with Crippen LogP contribution in [0.2, 0.25) is 0 Å². The molecule has 0 atom stereocenters. The second kappa shape index (κ2) is 6.68. The van der Waals surface area contributed by atoms with Crippen LogP contribution in [0.5, 0.6) is 0 Å². The zero-order chi connectivity index (χ0) is 14.4. The average molecular weight is 273 g/mol. The molecule has 1 aromatic heterocycles. The number of ether oxygens (including phenoxy) is 1. The van der Waals surface area contributed by atoms with Crippen molar-refractivity contribution in [3.63, 3.8) is 0 Å². The standard InChI is InChI=1S/C15H15NO4/c1-19-9-8-16-14(17)7-6-11-10-20-13-5-3-2-4-12(13)15(11)18/h2-7,10H,8-9H2,1H3,(H,16,17)/b7-6+. The summed E-state index contributed by atoms with van der Waals surface area (Å²) in [4.78, 5) is 23.6. The number of fused-ring (bicyclic) bond motifs is 1. The molecule has 0 saturated carbocycles. The van der Waals surface area contributed by atoms with Crippen LogP contribution in [0.1, 0.15) is 5.56 Å². The van der Waals surface area contributed by atoms with Gasteiger partial charge in [0.1, 0.15) is 11.8 Å². The first-order valence-electron chi connectivity index (χ1n) is 6.18. The zero-order valence-electron chi connectivity index (χ0n) is 11.1. The molecule has 2 rings (SSSR count). The molecule has 0 fully saturated rings. The molecule has 1 N–H and O–H groups in total. The van der Waals surface area contributed by atoms with Crippen molar-refractivity contribution in [2.24, 2.45) is 0 Å². The van der Waals surface area contributed by atoms with Crippen molar-refractivity contribution >= 4 is 23.0 Å². The molecule has 0 aliphatic carbocycles. The Morgan fingerprint density at radius 1 is 1.40 bits per heavy atom. The van der Waals surface area contributed by atoms with Crippen LogP contribution in [-0.2, 0) is 9.53 Å². The molecule has 20 heavy (non-hydrogen) atoms. The summed E-state index contributed by atoms with van der Waals surface area (Å²) in [5.74, 6) is -0.283. The first-order chi connectivity index (χ1) is 9.72. The number of hydrogen-bond acceptors (Lipinski definition) is 4. The predicted molar refractivity (Wildman–Crippen MR) is 76.4 cm³/mol. The lowest BCUT2D eigenvalue weighted by atomic mass is 10.1. The van der Waals surface area contributed by atoms with Gasteiger partial charge in [0.2, 0.25) is 5.91 Å². The summed E-state index contributed by atoms with van der Waals surface area (Å²) in [7, 11) is 1.56. The van der Waals surface area contributed by atoms with E-state index in [4.69, 9.17) is 9.15 Å². The van der Waals surface area contributed by atoms with E-state index >= 15 is 0 Å². The molecular formula is C15H15NO4. The van der Waals surface area contributed by atoms with E-state index < -0.39 is 0 Å². The molecule has 2 aromatic rings. The zero-order valence-corrected chi connectivity index (χ0v) is 11.1. The van der Waals surface area contributed by atoms with Gasteiger partial charge < -0.3 is 14.5 Å². The Balaban J connectivity index is 2.16. The van der Waals surface area contributed by atoms with Crippen molar-refractivity contribution in [1.82, 2.24) is 5.32 Å². The van der Waals surface area contributed by atoms with Gasteiger partial charge in [-0.15, -0.1) is 0 Å². The lowest BCUT2D eigenvalue weighted by molar-refractivity contribution is -0.116. The number of nitrogens with one attached hydrogen (secondary N) is 1. The molecule has 1 heterocycles. The number of methoxy groups -OCH3 is 1. The molecule has 5 nitrogen and oxygen atoms in total. The number of hydrogen-bond donors (Lipinski definition) is 1. The van der Waals surface area contributed by atoms with Crippen LogP contribution in [-0.4, -0.2) is 26.2 Å². The monoisotopic (exact) mass is 273 g/mol. The fourth-order valence-corrected chi connectivity index (χ4v) is 1.71. The highest BCUT2D eigenvalue weighted by molar-refractivity contribution is 5.92. The molecule has 1 amide bonds. The van der Waals surface area contributed by atoms with Crippen LogP contribution in [0.15, 0.2) is 45.8 Å². The number of carbonyl (C=O) groups excluding carboxylic acids is 1. The van der Waals surface area contributed by atoms with E-state index in [0.717, 1.165) is 0 Å². The molecule has 5 heteroatoms. The number of amides is 1. The average Bonchev–Trinajstić information content (AvgIpc) is 2.47. The van der Waals surface area contributed by atoms with Gasteiger partial charge >= 0.3 is 0 Å². The molecule has 0 aliphatic rings. The maximum Gasteiger partial charge on any atom is 0.244 e. The van der Waals surface area contributed by atoms with E-state index in [2.05, 4.69) is 5.32 Å². The minimum atomic E-state index is -0.283. The van der Waals surface area contributed by atoms with Crippen LogP contribution in [0.25, 0.3) is 17.0 Å². The second-order valence-electron chi connectivity index (χ2n) is 4.13.